The molecule has 0 fully saturated rings. The van der Waals surface area contributed by atoms with Crippen LogP contribution in [0.3, 0.4) is 0 Å². The van der Waals surface area contributed by atoms with Crippen LogP contribution in [0.15, 0.2) is 30.7 Å². The SMILES string of the molecule is Cc1cc(C)cc([C@@H](C)c2c[nH]cn2)c1.Cl. The summed E-state index contributed by atoms with van der Waals surface area (Å²) in [4.78, 5) is 7.29. The second-order valence-electron chi connectivity index (χ2n) is 4.14. The van der Waals surface area contributed by atoms with Gasteiger partial charge in [0.2, 0.25) is 0 Å². The van der Waals surface area contributed by atoms with E-state index in [0.717, 1.165) is 5.69 Å². The van der Waals surface area contributed by atoms with Gasteiger partial charge in [-0.1, -0.05) is 36.2 Å². The molecule has 16 heavy (non-hydrogen) atoms. The number of nitrogens with one attached hydrogen (secondary N) is 1. The number of hydrogen-bond acceptors (Lipinski definition) is 1. The maximum Gasteiger partial charge on any atom is 0.0923 e. The molecular formula is C13H17ClN2. The quantitative estimate of drug-likeness (QED) is 0.848. The van der Waals surface area contributed by atoms with Crippen LogP contribution in [-0.4, -0.2) is 9.97 Å². The lowest BCUT2D eigenvalue weighted by atomic mass is 9.95. The highest BCUT2D eigenvalue weighted by molar-refractivity contribution is 5.85. The minimum atomic E-state index is 0. The predicted molar refractivity (Wildman–Crippen MR) is 69.3 cm³/mol. The highest BCUT2D eigenvalue weighted by atomic mass is 35.5. The second kappa shape index (κ2) is 5.17. The molecule has 2 nitrogen and oxygen atoms in total. The zero-order valence-electron chi connectivity index (χ0n) is 9.82. The molecule has 0 aliphatic carbocycles. The molecule has 0 aliphatic heterocycles. The van der Waals surface area contributed by atoms with Gasteiger partial charge in [-0.15, -0.1) is 12.4 Å². The van der Waals surface area contributed by atoms with Gasteiger partial charge in [0, 0.05) is 12.1 Å². The average molecular weight is 237 g/mol. The summed E-state index contributed by atoms with van der Waals surface area (Å²) in [6.07, 6.45) is 3.69. The molecule has 1 heterocycles. The van der Waals surface area contributed by atoms with E-state index in [0.29, 0.717) is 5.92 Å². The van der Waals surface area contributed by atoms with Crippen molar-refractivity contribution in [3.8, 4) is 0 Å². The zero-order chi connectivity index (χ0) is 10.8. The van der Waals surface area contributed by atoms with Gasteiger partial charge < -0.3 is 4.98 Å². The zero-order valence-corrected chi connectivity index (χ0v) is 10.6. The minimum Gasteiger partial charge on any atom is -0.351 e. The van der Waals surface area contributed by atoms with E-state index < -0.39 is 0 Å². The Hall–Kier alpha value is -1.28. The molecule has 2 rings (SSSR count). The maximum absolute atomic E-state index is 4.30. The summed E-state index contributed by atoms with van der Waals surface area (Å²) in [5, 5.41) is 0. The Balaban J connectivity index is 0.00000128. The highest BCUT2D eigenvalue weighted by Crippen LogP contribution is 2.23. The number of aryl methyl sites for hydroxylation is 2. The fourth-order valence-corrected chi connectivity index (χ4v) is 1.94. The third kappa shape index (κ3) is 2.64. The van der Waals surface area contributed by atoms with Crippen LogP contribution in [0.5, 0.6) is 0 Å². The van der Waals surface area contributed by atoms with Crippen molar-refractivity contribution >= 4 is 12.4 Å². The van der Waals surface area contributed by atoms with E-state index in [9.17, 15) is 0 Å². The molecule has 1 N–H and O–H groups in total. The molecule has 0 saturated heterocycles. The molecule has 3 heteroatoms. The fourth-order valence-electron chi connectivity index (χ4n) is 1.94. The van der Waals surface area contributed by atoms with Gasteiger partial charge in [0.15, 0.2) is 0 Å². The number of nitrogens with zero attached hydrogens (tertiary/aromatic N) is 1. The smallest absolute Gasteiger partial charge is 0.0923 e. The molecule has 0 saturated carbocycles. The summed E-state index contributed by atoms with van der Waals surface area (Å²) in [5.74, 6) is 0.356. The third-order valence-corrected chi connectivity index (χ3v) is 2.71. The van der Waals surface area contributed by atoms with Crippen LogP contribution in [0.4, 0.5) is 0 Å². The van der Waals surface area contributed by atoms with Crippen molar-refractivity contribution in [3.05, 3.63) is 53.1 Å². The molecule has 1 aromatic heterocycles. The third-order valence-electron chi connectivity index (χ3n) is 2.71. The first-order valence-corrected chi connectivity index (χ1v) is 5.23. The lowest BCUT2D eigenvalue weighted by Gasteiger charge is -2.11. The van der Waals surface area contributed by atoms with Crippen molar-refractivity contribution in [1.29, 1.82) is 0 Å². The Morgan fingerprint density at radius 3 is 2.25 bits per heavy atom. The largest absolute Gasteiger partial charge is 0.351 e. The van der Waals surface area contributed by atoms with Gasteiger partial charge in [-0.05, 0) is 19.4 Å². The van der Waals surface area contributed by atoms with Crippen molar-refractivity contribution in [2.24, 2.45) is 0 Å². The summed E-state index contributed by atoms with van der Waals surface area (Å²) < 4.78 is 0. The van der Waals surface area contributed by atoms with Crippen LogP contribution < -0.4 is 0 Å². The Labute approximate surface area is 103 Å². The predicted octanol–water partition coefficient (Wildman–Crippen LogP) is 3.60. The molecule has 1 aromatic carbocycles. The van der Waals surface area contributed by atoms with E-state index in [1.165, 1.54) is 16.7 Å². The van der Waals surface area contributed by atoms with Gasteiger partial charge in [-0.25, -0.2) is 4.98 Å². The first-order valence-electron chi connectivity index (χ1n) is 5.23. The van der Waals surface area contributed by atoms with Crippen LogP contribution in [0.25, 0.3) is 0 Å². The molecular weight excluding hydrogens is 220 g/mol. The van der Waals surface area contributed by atoms with E-state index in [1.54, 1.807) is 6.33 Å². The van der Waals surface area contributed by atoms with Crippen molar-refractivity contribution in [2.75, 3.05) is 0 Å². The molecule has 0 unspecified atom stereocenters. The monoisotopic (exact) mass is 236 g/mol. The van der Waals surface area contributed by atoms with Gasteiger partial charge >= 0.3 is 0 Å². The number of rotatable bonds is 2. The summed E-state index contributed by atoms with van der Waals surface area (Å²) in [7, 11) is 0. The highest BCUT2D eigenvalue weighted by Gasteiger charge is 2.10. The van der Waals surface area contributed by atoms with E-state index in [2.05, 4.69) is 48.9 Å². The van der Waals surface area contributed by atoms with Crippen molar-refractivity contribution in [2.45, 2.75) is 26.7 Å². The summed E-state index contributed by atoms with van der Waals surface area (Å²) >= 11 is 0. The van der Waals surface area contributed by atoms with Crippen LogP contribution in [0, 0.1) is 13.8 Å². The number of imidazole rings is 1. The van der Waals surface area contributed by atoms with E-state index in [4.69, 9.17) is 0 Å². The first-order chi connectivity index (χ1) is 7.16. The van der Waals surface area contributed by atoms with E-state index in [1.807, 2.05) is 6.20 Å². The molecule has 1 atom stereocenters. The molecule has 0 amide bonds. The summed E-state index contributed by atoms with van der Waals surface area (Å²) in [6, 6.07) is 6.65. The lowest BCUT2D eigenvalue weighted by molar-refractivity contribution is 0.879. The number of aromatic amines is 1. The van der Waals surface area contributed by atoms with Crippen LogP contribution >= 0.6 is 12.4 Å². The molecule has 2 aromatic rings. The van der Waals surface area contributed by atoms with Crippen molar-refractivity contribution in [3.63, 3.8) is 0 Å². The normalized spacial score (nSPS) is 11.9. The van der Waals surface area contributed by atoms with Gasteiger partial charge in [0.05, 0.1) is 12.0 Å². The van der Waals surface area contributed by atoms with Crippen LogP contribution in [0.2, 0.25) is 0 Å². The molecule has 0 aliphatic rings. The average Bonchev–Trinajstić information content (AvgIpc) is 2.67. The summed E-state index contributed by atoms with van der Waals surface area (Å²) in [6.45, 7) is 6.45. The van der Waals surface area contributed by atoms with Crippen molar-refractivity contribution < 1.29 is 0 Å². The number of benzene rings is 1. The maximum atomic E-state index is 4.30. The molecule has 0 spiro atoms. The van der Waals surface area contributed by atoms with Crippen molar-refractivity contribution in [1.82, 2.24) is 9.97 Å². The van der Waals surface area contributed by atoms with E-state index >= 15 is 0 Å². The molecule has 0 bridgehead atoms. The first kappa shape index (κ1) is 12.8. The Kier molecular flexibility index (Phi) is 4.13. The lowest BCUT2D eigenvalue weighted by Crippen LogP contribution is -1.97. The number of aromatic nitrogens is 2. The Bertz CT molecular complexity index is 429. The number of halogens is 1. The van der Waals surface area contributed by atoms with Gasteiger partial charge in [-0.2, -0.15) is 0 Å². The minimum absolute atomic E-state index is 0. The standard InChI is InChI=1S/C13H16N2.ClH/c1-9-4-10(2)6-12(5-9)11(3)13-7-14-8-15-13;/h4-8,11H,1-3H3,(H,14,15);1H/t11-;/m1./s1. The van der Waals surface area contributed by atoms with Crippen LogP contribution in [-0.2, 0) is 0 Å². The van der Waals surface area contributed by atoms with Gasteiger partial charge in [0.1, 0.15) is 0 Å². The molecule has 0 radical (unpaired) electrons. The van der Waals surface area contributed by atoms with E-state index in [-0.39, 0.29) is 12.4 Å². The van der Waals surface area contributed by atoms with Gasteiger partial charge in [-0.3, -0.25) is 0 Å². The Morgan fingerprint density at radius 1 is 1.12 bits per heavy atom. The summed E-state index contributed by atoms with van der Waals surface area (Å²) in [5.41, 5.74) is 5.05. The topological polar surface area (TPSA) is 28.7 Å². The Morgan fingerprint density at radius 2 is 1.75 bits per heavy atom. The second-order valence-corrected chi connectivity index (χ2v) is 4.14. The van der Waals surface area contributed by atoms with Gasteiger partial charge in [0.25, 0.3) is 0 Å². The molecule has 86 valence electrons. The number of H-pyrrole nitrogens is 1. The van der Waals surface area contributed by atoms with Crippen LogP contribution in [0.1, 0.15) is 35.2 Å². The fraction of sp³-hybridized carbons (Fsp3) is 0.308. The number of hydrogen-bond donors (Lipinski definition) is 1.